The summed E-state index contributed by atoms with van der Waals surface area (Å²) in [5.74, 6) is 2.12. The second kappa shape index (κ2) is 5.23. The summed E-state index contributed by atoms with van der Waals surface area (Å²) >= 11 is 0. The molecule has 1 aromatic rings. The second-order valence-corrected chi connectivity index (χ2v) is 5.57. The van der Waals surface area contributed by atoms with Gasteiger partial charge in [-0.15, -0.1) is 0 Å². The Hall–Kier alpha value is -1.52. The quantitative estimate of drug-likeness (QED) is 0.828. The molecule has 2 bridgehead atoms. The average molecular weight is 264 g/mol. The van der Waals surface area contributed by atoms with E-state index >= 15 is 0 Å². The highest BCUT2D eigenvalue weighted by Gasteiger charge is 2.39. The number of rotatable bonds is 5. The van der Waals surface area contributed by atoms with Crippen molar-refractivity contribution in [1.82, 2.24) is 4.98 Å². The molecule has 0 spiro atoms. The number of hydrogen-bond acceptors (Lipinski definition) is 5. The highest BCUT2D eigenvalue weighted by atomic mass is 16.5. The molecule has 0 aliphatic heterocycles. The van der Waals surface area contributed by atoms with Crippen molar-refractivity contribution in [2.45, 2.75) is 32.6 Å². The predicted octanol–water partition coefficient (Wildman–Crippen LogP) is 2.70. The lowest BCUT2D eigenvalue weighted by molar-refractivity contribution is 0.0519. The predicted molar refractivity (Wildman–Crippen MR) is 69.9 cm³/mol. The largest absolute Gasteiger partial charge is 0.461 e. The molecule has 2 aliphatic carbocycles. The molecule has 0 saturated heterocycles. The number of ether oxygens (including phenoxy) is 1. The maximum Gasteiger partial charge on any atom is 0.360 e. The van der Waals surface area contributed by atoms with Crippen molar-refractivity contribution in [2.75, 3.05) is 18.5 Å². The maximum atomic E-state index is 11.5. The minimum absolute atomic E-state index is 0.234. The van der Waals surface area contributed by atoms with Crippen LogP contribution < -0.4 is 5.32 Å². The summed E-state index contributed by atoms with van der Waals surface area (Å²) in [5, 5.41) is 3.20. The molecule has 0 amide bonds. The van der Waals surface area contributed by atoms with Crippen LogP contribution in [0.5, 0.6) is 0 Å². The summed E-state index contributed by atoms with van der Waals surface area (Å²) in [7, 11) is 0. The number of carbonyl (C=O) groups is 1. The van der Waals surface area contributed by atoms with E-state index in [2.05, 4.69) is 10.3 Å². The van der Waals surface area contributed by atoms with E-state index in [0.717, 1.165) is 24.3 Å². The first-order chi connectivity index (χ1) is 9.26. The third kappa shape index (κ3) is 2.60. The Bertz CT molecular complexity index is 457. The van der Waals surface area contributed by atoms with Gasteiger partial charge in [-0.25, -0.2) is 4.79 Å². The maximum absolute atomic E-state index is 11.5. The van der Waals surface area contributed by atoms with Gasteiger partial charge < -0.3 is 14.5 Å². The fourth-order valence-electron chi connectivity index (χ4n) is 3.50. The molecule has 3 atom stereocenters. The molecule has 2 aliphatic rings. The van der Waals surface area contributed by atoms with Crippen LogP contribution in [0.1, 0.15) is 43.1 Å². The van der Waals surface area contributed by atoms with Gasteiger partial charge in [0.2, 0.25) is 0 Å². The Morgan fingerprint density at radius 3 is 3.11 bits per heavy atom. The van der Waals surface area contributed by atoms with Crippen LogP contribution in [0.15, 0.2) is 10.7 Å². The molecule has 2 fully saturated rings. The van der Waals surface area contributed by atoms with E-state index in [9.17, 15) is 4.79 Å². The average Bonchev–Trinajstić information content (AvgIpc) is 3.12. The molecule has 19 heavy (non-hydrogen) atoms. The Kier molecular flexibility index (Phi) is 3.44. The van der Waals surface area contributed by atoms with Gasteiger partial charge in [-0.2, -0.15) is 4.98 Å². The van der Waals surface area contributed by atoms with Gasteiger partial charge in [-0.05, 0) is 43.9 Å². The standard InChI is InChI=1S/C14H20N2O3/c1-2-18-13(17)12-8-19-14(16-12)15-7-11-6-9-3-4-10(11)5-9/h8-11H,2-7H2,1H3,(H,15,16). The van der Waals surface area contributed by atoms with Crippen LogP contribution in [0.3, 0.4) is 0 Å². The van der Waals surface area contributed by atoms with Crippen molar-refractivity contribution in [3.63, 3.8) is 0 Å². The van der Waals surface area contributed by atoms with Gasteiger partial charge in [0.25, 0.3) is 6.01 Å². The van der Waals surface area contributed by atoms with Crippen LogP contribution in [-0.4, -0.2) is 24.1 Å². The number of esters is 1. The number of fused-ring (bicyclic) bond motifs is 2. The highest BCUT2D eigenvalue weighted by molar-refractivity contribution is 5.87. The number of oxazole rings is 1. The van der Waals surface area contributed by atoms with E-state index < -0.39 is 5.97 Å². The van der Waals surface area contributed by atoms with Gasteiger partial charge in [0.1, 0.15) is 6.26 Å². The molecular weight excluding hydrogens is 244 g/mol. The molecule has 5 heteroatoms. The Morgan fingerprint density at radius 2 is 2.42 bits per heavy atom. The minimum atomic E-state index is -0.431. The van der Waals surface area contributed by atoms with Gasteiger partial charge in [-0.3, -0.25) is 0 Å². The Labute approximate surface area is 112 Å². The molecular formula is C14H20N2O3. The zero-order valence-corrected chi connectivity index (χ0v) is 11.2. The van der Waals surface area contributed by atoms with Gasteiger partial charge in [0.05, 0.1) is 6.61 Å². The topological polar surface area (TPSA) is 64.4 Å². The zero-order valence-electron chi connectivity index (χ0n) is 11.2. The first-order valence-corrected chi connectivity index (χ1v) is 7.12. The monoisotopic (exact) mass is 264 g/mol. The molecule has 1 aromatic heterocycles. The van der Waals surface area contributed by atoms with Crippen molar-refractivity contribution in [3.8, 4) is 0 Å². The summed E-state index contributed by atoms with van der Waals surface area (Å²) in [5.41, 5.74) is 0.234. The van der Waals surface area contributed by atoms with Crippen molar-refractivity contribution in [3.05, 3.63) is 12.0 Å². The van der Waals surface area contributed by atoms with Crippen LogP contribution in [-0.2, 0) is 4.74 Å². The van der Waals surface area contributed by atoms with Crippen molar-refractivity contribution in [2.24, 2.45) is 17.8 Å². The molecule has 1 N–H and O–H groups in total. The summed E-state index contributed by atoms with van der Waals surface area (Å²) in [6.07, 6.45) is 6.85. The molecule has 5 nitrogen and oxygen atoms in total. The zero-order chi connectivity index (χ0) is 13.2. The summed E-state index contributed by atoms with van der Waals surface area (Å²) < 4.78 is 10.1. The van der Waals surface area contributed by atoms with Crippen LogP contribution in [0.4, 0.5) is 6.01 Å². The fourth-order valence-corrected chi connectivity index (χ4v) is 3.50. The summed E-state index contributed by atoms with van der Waals surface area (Å²) in [4.78, 5) is 15.5. The lowest BCUT2D eigenvalue weighted by Gasteiger charge is -2.21. The Morgan fingerprint density at radius 1 is 1.53 bits per heavy atom. The van der Waals surface area contributed by atoms with E-state index in [1.807, 2.05) is 0 Å². The van der Waals surface area contributed by atoms with E-state index in [4.69, 9.17) is 9.15 Å². The number of anilines is 1. The normalized spacial score (nSPS) is 28.6. The third-order valence-corrected chi connectivity index (χ3v) is 4.39. The highest BCUT2D eigenvalue weighted by Crippen LogP contribution is 2.48. The van der Waals surface area contributed by atoms with Crippen LogP contribution >= 0.6 is 0 Å². The number of hydrogen-bond donors (Lipinski definition) is 1. The summed E-state index contributed by atoms with van der Waals surface area (Å²) in [6, 6.07) is 0.422. The molecule has 2 saturated carbocycles. The van der Waals surface area contributed by atoms with Gasteiger partial charge >= 0.3 is 5.97 Å². The fraction of sp³-hybridized carbons (Fsp3) is 0.714. The second-order valence-electron chi connectivity index (χ2n) is 5.57. The first kappa shape index (κ1) is 12.5. The van der Waals surface area contributed by atoms with Crippen LogP contribution in [0, 0.1) is 17.8 Å². The first-order valence-electron chi connectivity index (χ1n) is 7.12. The van der Waals surface area contributed by atoms with E-state index in [0.29, 0.717) is 12.6 Å². The smallest absolute Gasteiger partial charge is 0.360 e. The lowest BCUT2D eigenvalue weighted by Crippen LogP contribution is -2.20. The minimum Gasteiger partial charge on any atom is -0.461 e. The van der Waals surface area contributed by atoms with E-state index in [1.165, 1.54) is 31.9 Å². The summed E-state index contributed by atoms with van der Waals surface area (Å²) in [6.45, 7) is 3.01. The SMILES string of the molecule is CCOC(=O)c1coc(NCC2CC3CCC2C3)n1. The molecule has 0 radical (unpaired) electrons. The number of carbonyl (C=O) groups excluding carboxylic acids is 1. The number of aromatic nitrogens is 1. The molecule has 0 aromatic carbocycles. The number of nitrogens with zero attached hydrogens (tertiary/aromatic N) is 1. The Balaban J connectivity index is 1.52. The van der Waals surface area contributed by atoms with Gasteiger partial charge in [0, 0.05) is 6.54 Å². The van der Waals surface area contributed by atoms with Crippen molar-refractivity contribution < 1.29 is 13.9 Å². The molecule has 3 rings (SSSR count). The van der Waals surface area contributed by atoms with Crippen molar-refractivity contribution >= 4 is 12.0 Å². The van der Waals surface area contributed by atoms with E-state index in [1.54, 1.807) is 6.92 Å². The van der Waals surface area contributed by atoms with Gasteiger partial charge in [0.15, 0.2) is 5.69 Å². The van der Waals surface area contributed by atoms with E-state index in [-0.39, 0.29) is 5.69 Å². The molecule has 1 heterocycles. The van der Waals surface area contributed by atoms with Crippen molar-refractivity contribution in [1.29, 1.82) is 0 Å². The van der Waals surface area contributed by atoms with Gasteiger partial charge in [-0.1, -0.05) is 6.42 Å². The number of nitrogens with one attached hydrogen (secondary N) is 1. The van der Waals surface area contributed by atoms with Crippen LogP contribution in [0.2, 0.25) is 0 Å². The van der Waals surface area contributed by atoms with Crippen LogP contribution in [0.25, 0.3) is 0 Å². The lowest BCUT2D eigenvalue weighted by atomic mass is 9.89. The third-order valence-electron chi connectivity index (χ3n) is 4.39. The molecule has 104 valence electrons. The molecule has 3 unspecified atom stereocenters.